The molecule has 2 N–H and O–H groups in total. The van der Waals surface area contributed by atoms with Gasteiger partial charge in [-0.15, -0.1) is 0 Å². The summed E-state index contributed by atoms with van der Waals surface area (Å²) in [5, 5.41) is -0.00535. The molecule has 0 aliphatic heterocycles. The van der Waals surface area contributed by atoms with Crippen molar-refractivity contribution in [1.29, 1.82) is 0 Å². The van der Waals surface area contributed by atoms with Gasteiger partial charge in [-0.05, 0) is 23.7 Å². The van der Waals surface area contributed by atoms with Crippen molar-refractivity contribution in [2.45, 2.75) is 6.18 Å². The number of pyridine rings is 1. The fourth-order valence-corrected chi connectivity index (χ4v) is 1.33. The highest BCUT2D eigenvalue weighted by Crippen LogP contribution is 2.29. The highest BCUT2D eigenvalue weighted by Gasteiger charge is 2.32. The minimum atomic E-state index is -4.53. The Kier molecular flexibility index (Phi) is 2.34. The summed E-state index contributed by atoms with van der Waals surface area (Å²) in [6.07, 6.45) is -4.53. The number of rotatable bonds is 0. The first-order valence-electron chi connectivity index (χ1n) is 4.05. The molecule has 0 atom stereocenters. The molecule has 0 spiro atoms. The van der Waals surface area contributed by atoms with E-state index in [2.05, 4.69) is 15.0 Å². The van der Waals surface area contributed by atoms with Crippen molar-refractivity contribution in [3.63, 3.8) is 0 Å². The lowest BCUT2D eigenvalue weighted by atomic mass is 10.2. The van der Waals surface area contributed by atoms with Gasteiger partial charge in [0, 0.05) is 0 Å². The van der Waals surface area contributed by atoms with E-state index in [1.54, 1.807) is 0 Å². The van der Waals surface area contributed by atoms with Gasteiger partial charge in [-0.3, -0.25) is 0 Å². The molecule has 0 unspecified atom stereocenters. The first-order valence-corrected chi connectivity index (χ1v) is 4.42. The molecule has 4 nitrogen and oxygen atoms in total. The van der Waals surface area contributed by atoms with Crippen LogP contribution in [0.4, 0.5) is 19.0 Å². The van der Waals surface area contributed by atoms with Gasteiger partial charge in [-0.25, -0.2) is 9.97 Å². The average molecular weight is 249 g/mol. The standard InChI is InChI=1S/C8H4ClF3N4/c9-7-15-5(13)3-1-2-4(8(10,11)12)14-6(3)16-7/h1-2H,(H2,13,14,15,16). The smallest absolute Gasteiger partial charge is 0.383 e. The van der Waals surface area contributed by atoms with Crippen LogP contribution in [0.3, 0.4) is 0 Å². The third-order valence-electron chi connectivity index (χ3n) is 1.85. The van der Waals surface area contributed by atoms with Gasteiger partial charge >= 0.3 is 6.18 Å². The molecule has 16 heavy (non-hydrogen) atoms. The van der Waals surface area contributed by atoms with Crippen LogP contribution in [0.15, 0.2) is 12.1 Å². The fraction of sp³-hybridized carbons (Fsp3) is 0.125. The van der Waals surface area contributed by atoms with Crippen LogP contribution in [0.25, 0.3) is 11.0 Å². The van der Waals surface area contributed by atoms with Crippen molar-refractivity contribution < 1.29 is 13.2 Å². The van der Waals surface area contributed by atoms with E-state index < -0.39 is 11.9 Å². The van der Waals surface area contributed by atoms with E-state index in [4.69, 9.17) is 17.3 Å². The summed E-state index contributed by atoms with van der Waals surface area (Å²) in [5.74, 6) is -0.00350. The Balaban J connectivity index is 2.71. The molecule has 0 bridgehead atoms. The van der Waals surface area contributed by atoms with Crippen LogP contribution in [0.5, 0.6) is 0 Å². The number of nitrogens with zero attached hydrogens (tertiary/aromatic N) is 3. The molecule has 8 heteroatoms. The second-order valence-corrected chi connectivity index (χ2v) is 3.28. The molecule has 0 aromatic carbocycles. The van der Waals surface area contributed by atoms with Gasteiger partial charge in [-0.1, -0.05) is 0 Å². The number of alkyl halides is 3. The number of hydrogen-bond acceptors (Lipinski definition) is 4. The van der Waals surface area contributed by atoms with Gasteiger partial charge in [-0.2, -0.15) is 18.2 Å². The first-order chi connectivity index (χ1) is 7.38. The lowest BCUT2D eigenvalue weighted by Crippen LogP contribution is -2.08. The Morgan fingerprint density at radius 3 is 2.44 bits per heavy atom. The Morgan fingerprint density at radius 2 is 1.81 bits per heavy atom. The molecule has 2 aromatic rings. The second-order valence-electron chi connectivity index (χ2n) is 2.94. The van der Waals surface area contributed by atoms with Crippen LogP contribution < -0.4 is 5.73 Å². The second kappa shape index (κ2) is 3.44. The molecule has 0 fully saturated rings. The van der Waals surface area contributed by atoms with Crippen molar-refractivity contribution in [3.8, 4) is 0 Å². The maximum absolute atomic E-state index is 12.3. The van der Waals surface area contributed by atoms with Crippen LogP contribution in [-0.4, -0.2) is 15.0 Å². The summed E-state index contributed by atoms with van der Waals surface area (Å²) in [6, 6.07) is 1.98. The molecule has 2 rings (SSSR count). The van der Waals surface area contributed by atoms with E-state index >= 15 is 0 Å². The maximum atomic E-state index is 12.3. The third-order valence-corrected chi connectivity index (χ3v) is 2.02. The Bertz CT molecular complexity index is 555. The molecule has 0 radical (unpaired) electrons. The maximum Gasteiger partial charge on any atom is 0.433 e. The molecule has 0 amide bonds. The summed E-state index contributed by atoms with van der Waals surface area (Å²) < 4.78 is 37.0. The van der Waals surface area contributed by atoms with E-state index in [1.807, 2.05) is 0 Å². The SMILES string of the molecule is Nc1nc(Cl)nc2nc(C(F)(F)F)ccc12. The number of nitrogens with two attached hydrogens (primary N) is 1. The molecule has 2 heterocycles. The van der Waals surface area contributed by atoms with Gasteiger partial charge in [0.1, 0.15) is 11.5 Å². The molecule has 0 aliphatic rings. The number of aromatic nitrogens is 3. The molecule has 0 saturated heterocycles. The molecular formula is C8H4ClF3N4. The van der Waals surface area contributed by atoms with Gasteiger partial charge in [0.25, 0.3) is 0 Å². The third kappa shape index (κ3) is 1.85. The fourth-order valence-electron chi connectivity index (χ4n) is 1.16. The quantitative estimate of drug-likeness (QED) is 0.727. The topological polar surface area (TPSA) is 64.7 Å². The van der Waals surface area contributed by atoms with Crippen LogP contribution in [-0.2, 0) is 6.18 Å². The molecule has 2 aromatic heterocycles. The summed E-state index contributed by atoms with van der Waals surface area (Å²) >= 11 is 5.47. The minimum Gasteiger partial charge on any atom is -0.383 e. The zero-order valence-corrected chi connectivity index (χ0v) is 8.34. The number of fused-ring (bicyclic) bond motifs is 1. The monoisotopic (exact) mass is 248 g/mol. The predicted octanol–water partition coefficient (Wildman–Crippen LogP) is 2.28. The minimum absolute atomic E-state index is 0.00350. The Labute approximate surface area is 92.3 Å². The van der Waals surface area contributed by atoms with E-state index in [1.165, 1.54) is 0 Å². The van der Waals surface area contributed by atoms with Crippen molar-refractivity contribution in [1.82, 2.24) is 15.0 Å². The van der Waals surface area contributed by atoms with Crippen molar-refractivity contribution in [2.24, 2.45) is 0 Å². The first kappa shape index (κ1) is 10.9. The lowest BCUT2D eigenvalue weighted by Gasteiger charge is -2.06. The molecular weight excluding hydrogens is 245 g/mol. The number of anilines is 1. The summed E-state index contributed by atoms with van der Waals surface area (Å²) in [4.78, 5) is 10.5. The normalized spacial score (nSPS) is 12.0. The van der Waals surface area contributed by atoms with Crippen LogP contribution in [0.2, 0.25) is 5.28 Å². The zero-order valence-electron chi connectivity index (χ0n) is 7.59. The van der Waals surface area contributed by atoms with Crippen molar-refractivity contribution >= 4 is 28.5 Å². The largest absolute Gasteiger partial charge is 0.433 e. The lowest BCUT2D eigenvalue weighted by molar-refractivity contribution is -0.141. The van der Waals surface area contributed by atoms with E-state index in [9.17, 15) is 13.2 Å². The van der Waals surface area contributed by atoms with Gasteiger partial charge in [0.15, 0.2) is 5.65 Å². The number of nitrogen functional groups attached to an aromatic ring is 1. The van der Waals surface area contributed by atoms with E-state index in [0.717, 1.165) is 12.1 Å². The van der Waals surface area contributed by atoms with E-state index in [-0.39, 0.29) is 22.1 Å². The van der Waals surface area contributed by atoms with E-state index in [0.29, 0.717) is 0 Å². The van der Waals surface area contributed by atoms with Crippen molar-refractivity contribution in [2.75, 3.05) is 5.73 Å². The molecule has 0 aliphatic carbocycles. The highest BCUT2D eigenvalue weighted by atomic mass is 35.5. The van der Waals surface area contributed by atoms with Gasteiger partial charge in [0.2, 0.25) is 5.28 Å². The highest BCUT2D eigenvalue weighted by molar-refractivity contribution is 6.28. The average Bonchev–Trinajstić information content (AvgIpc) is 2.15. The summed E-state index contributed by atoms with van der Waals surface area (Å²) in [6.45, 7) is 0. The molecule has 0 saturated carbocycles. The zero-order chi connectivity index (χ0) is 11.9. The predicted molar refractivity (Wildman–Crippen MR) is 51.8 cm³/mol. The van der Waals surface area contributed by atoms with Crippen LogP contribution in [0.1, 0.15) is 5.69 Å². The van der Waals surface area contributed by atoms with Crippen molar-refractivity contribution in [3.05, 3.63) is 23.1 Å². The van der Waals surface area contributed by atoms with Crippen LogP contribution in [0, 0.1) is 0 Å². The number of halogens is 4. The number of hydrogen-bond donors (Lipinski definition) is 1. The van der Waals surface area contributed by atoms with Gasteiger partial charge < -0.3 is 5.73 Å². The summed E-state index contributed by atoms with van der Waals surface area (Å²) in [7, 11) is 0. The van der Waals surface area contributed by atoms with Gasteiger partial charge in [0.05, 0.1) is 5.39 Å². The van der Waals surface area contributed by atoms with Crippen LogP contribution >= 0.6 is 11.6 Å². The Morgan fingerprint density at radius 1 is 1.12 bits per heavy atom. The molecule has 84 valence electrons. The Hall–Kier alpha value is -1.63. The summed E-state index contributed by atoms with van der Waals surface area (Å²) in [5.41, 5.74) is 4.24.